The molecule has 3 aromatic carbocycles. The first kappa shape index (κ1) is 20.6. The summed E-state index contributed by atoms with van der Waals surface area (Å²) in [5.41, 5.74) is 2.15. The van der Waals surface area contributed by atoms with Gasteiger partial charge in [-0.25, -0.2) is 4.79 Å². The summed E-state index contributed by atoms with van der Waals surface area (Å²) in [5.74, 6) is -0.845. The van der Waals surface area contributed by atoms with Gasteiger partial charge >= 0.3 is 5.97 Å². The van der Waals surface area contributed by atoms with Gasteiger partial charge in [0, 0.05) is 0 Å². The third kappa shape index (κ3) is 5.69. The Morgan fingerprint density at radius 3 is 2.00 bits per heavy atom. The van der Waals surface area contributed by atoms with Crippen molar-refractivity contribution in [3.63, 3.8) is 0 Å². The zero-order chi connectivity index (χ0) is 21.2. The Morgan fingerprint density at radius 2 is 1.40 bits per heavy atom. The molecule has 0 fully saturated rings. The average molecular weight is 400 g/mol. The Bertz CT molecular complexity index is 990. The SMILES string of the molecule is N#Cc1ccccc1OCC(=O)OCC(=O)NC(c1ccccc1)c1ccccc1. The number of nitriles is 1. The first-order valence-electron chi connectivity index (χ1n) is 9.34. The molecule has 0 heterocycles. The number of nitrogens with one attached hydrogen (secondary N) is 1. The highest BCUT2D eigenvalue weighted by Crippen LogP contribution is 2.21. The summed E-state index contributed by atoms with van der Waals surface area (Å²) >= 11 is 0. The van der Waals surface area contributed by atoms with Crippen molar-refractivity contribution in [3.05, 3.63) is 102 Å². The number of esters is 1. The highest BCUT2D eigenvalue weighted by molar-refractivity contribution is 5.81. The fourth-order valence-electron chi connectivity index (χ4n) is 2.86. The van der Waals surface area contributed by atoms with Gasteiger partial charge in [-0.1, -0.05) is 72.8 Å². The Balaban J connectivity index is 1.55. The van der Waals surface area contributed by atoms with E-state index in [-0.39, 0.29) is 11.8 Å². The first-order chi connectivity index (χ1) is 14.7. The summed E-state index contributed by atoms with van der Waals surface area (Å²) in [4.78, 5) is 24.3. The fourth-order valence-corrected chi connectivity index (χ4v) is 2.86. The van der Waals surface area contributed by atoms with Crippen molar-refractivity contribution in [1.29, 1.82) is 5.26 Å². The normalized spacial score (nSPS) is 10.1. The minimum Gasteiger partial charge on any atom is -0.481 e. The minimum atomic E-state index is -0.700. The van der Waals surface area contributed by atoms with E-state index in [9.17, 15) is 9.59 Å². The van der Waals surface area contributed by atoms with Crippen molar-refractivity contribution in [1.82, 2.24) is 5.32 Å². The van der Waals surface area contributed by atoms with Crippen LogP contribution >= 0.6 is 0 Å². The molecule has 0 bridgehead atoms. The number of benzene rings is 3. The molecular weight excluding hydrogens is 380 g/mol. The second-order valence-corrected chi connectivity index (χ2v) is 6.38. The van der Waals surface area contributed by atoms with E-state index in [1.807, 2.05) is 66.7 Å². The molecule has 30 heavy (non-hydrogen) atoms. The Kier molecular flexibility index (Phi) is 7.17. The van der Waals surface area contributed by atoms with Gasteiger partial charge < -0.3 is 14.8 Å². The van der Waals surface area contributed by atoms with Crippen LogP contribution in [0.4, 0.5) is 0 Å². The number of amides is 1. The maximum absolute atomic E-state index is 12.4. The lowest BCUT2D eigenvalue weighted by molar-refractivity contribution is -0.150. The lowest BCUT2D eigenvalue weighted by atomic mass is 9.99. The molecular formula is C24H20N2O4. The van der Waals surface area contributed by atoms with E-state index in [1.165, 1.54) is 0 Å². The predicted molar refractivity (Wildman–Crippen MR) is 110 cm³/mol. The van der Waals surface area contributed by atoms with Crippen LogP contribution in [0.5, 0.6) is 5.75 Å². The molecule has 3 aromatic rings. The van der Waals surface area contributed by atoms with E-state index in [4.69, 9.17) is 14.7 Å². The zero-order valence-electron chi connectivity index (χ0n) is 16.2. The highest BCUT2D eigenvalue weighted by Gasteiger charge is 2.18. The monoisotopic (exact) mass is 400 g/mol. The van der Waals surface area contributed by atoms with Crippen molar-refractivity contribution in [2.75, 3.05) is 13.2 Å². The average Bonchev–Trinajstić information content (AvgIpc) is 2.81. The molecule has 0 aliphatic rings. The first-order valence-corrected chi connectivity index (χ1v) is 9.34. The number of para-hydroxylation sites is 1. The van der Waals surface area contributed by atoms with Crippen LogP contribution in [0.15, 0.2) is 84.9 Å². The van der Waals surface area contributed by atoms with Crippen LogP contribution in [0.1, 0.15) is 22.7 Å². The topological polar surface area (TPSA) is 88.4 Å². The maximum Gasteiger partial charge on any atom is 0.344 e. The lowest BCUT2D eigenvalue weighted by Gasteiger charge is -2.20. The van der Waals surface area contributed by atoms with Crippen molar-refractivity contribution in [2.45, 2.75) is 6.04 Å². The second kappa shape index (κ2) is 10.4. The minimum absolute atomic E-state index is 0.287. The molecule has 6 heteroatoms. The number of carbonyl (C=O) groups is 2. The van der Waals surface area contributed by atoms with Gasteiger partial charge in [0.25, 0.3) is 5.91 Å². The van der Waals surface area contributed by atoms with Crippen molar-refractivity contribution in [2.24, 2.45) is 0 Å². The third-order valence-electron chi connectivity index (χ3n) is 4.29. The van der Waals surface area contributed by atoms with E-state index in [1.54, 1.807) is 24.3 Å². The summed E-state index contributed by atoms with van der Waals surface area (Å²) in [5, 5.41) is 11.9. The highest BCUT2D eigenvalue weighted by atomic mass is 16.6. The molecule has 0 saturated carbocycles. The van der Waals surface area contributed by atoms with Gasteiger partial charge in [0.2, 0.25) is 0 Å². The van der Waals surface area contributed by atoms with Gasteiger partial charge in [0.05, 0.1) is 11.6 Å². The van der Waals surface area contributed by atoms with Crippen LogP contribution in [0.3, 0.4) is 0 Å². The van der Waals surface area contributed by atoms with Crippen LogP contribution in [0, 0.1) is 11.3 Å². The van der Waals surface area contributed by atoms with Crippen LogP contribution in [-0.4, -0.2) is 25.1 Å². The quantitative estimate of drug-likeness (QED) is 0.586. The number of hydrogen-bond donors (Lipinski definition) is 1. The molecule has 1 N–H and O–H groups in total. The van der Waals surface area contributed by atoms with Crippen LogP contribution in [0.25, 0.3) is 0 Å². The molecule has 0 atom stereocenters. The Morgan fingerprint density at radius 1 is 0.833 bits per heavy atom. The van der Waals surface area contributed by atoms with Crippen LogP contribution in [0.2, 0.25) is 0 Å². The third-order valence-corrected chi connectivity index (χ3v) is 4.29. The van der Waals surface area contributed by atoms with Crippen LogP contribution in [-0.2, 0) is 14.3 Å². The van der Waals surface area contributed by atoms with Crippen LogP contribution < -0.4 is 10.1 Å². The molecule has 0 aliphatic heterocycles. The fraction of sp³-hybridized carbons (Fsp3) is 0.125. The molecule has 0 aromatic heterocycles. The van der Waals surface area contributed by atoms with Gasteiger partial charge in [0.15, 0.2) is 13.2 Å². The van der Waals surface area contributed by atoms with Gasteiger partial charge in [-0.2, -0.15) is 5.26 Å². The Hall–Kier alpha value is -4.11. The number of ether oxygens (including phenoxy) is 2. The van der Waals surface area contributed by atoms with E-state index in [0.29, 0.717) is 5.56 Å². The van der Waals surface area contributed by atoms with Crippen molar-refractivity contribution < 1.29 is 19.1 Å². The van der Waals surface area contributed by atoms with E-state index >= 15 is 0 Å². The molecule has 6 nitrogen and oxygen atoms in total. The number of rotatable bonds is 8. The molecule has 3 rings (SSSR count). The predicted octanol–water partition coefficient (Wildman–Crippen LogP) is 3.39. The molecule has 1 amide bonds. The smallest absolute Gasteiger partial charge is 0.344 e. The molecule has 0 unspecified atom stereocenters. The summed E-state index contributed by atoms with van der Waals surface area (Å²) in [7, 11) is 0. The number of hydrogen-bond acceptors (Lipinski definition) is 5. The van der Waals surface area contributed by atoms with Gasteiger partial charge in [0.1, 0.15) is 11.8 Å². The molecule has 0 spiro atoms. The summed E-state index contributed by atoms with van der Waals surface area (Å²) in [6.45, 7) is -0.828. The maximum atomic E-state index is 12.4. The van der Waals surface area contributed by atoms with E-state index in [2.05, 4.69) is 5.32 Å². The van der Waals surface area contributed by atoms with E-state index in [0.717, 1.165) is 11.1 Å². The summed E-state index contributed by atoms with van der Waals surface area (Å²) in [6.07, 6.45) is 0. The van der Waals surface area contributed by atoms with Gasteiger partial charge in [-0.15, -0.1) is 0 Å². The molecule has 0 aliphatic carbocycles. The molecule has 150 valence electrons. The molecule has 0 saturated heterocycles. The van der Waals surface area contributed by atoms with Crippen molar-refractivity contribution in [3.8, 4) is 11.8 Å². The summed E-state index contributed by atoms with van der Waals surface area (Å²) in [6, 6.07) is 27.3. The number of carbonyl (C=O) groups excluding carboxylic acids is 2. The van der Waals surface area contributed by atoms with Gasteiger partial charge in [-0.3, -0.25) is 4.79 Å². The molecule has 0 radical (unpaired) electrons. The second-order valence-electron chi connectivity index (χ2n) is 6.38. The Labute approximate surface area is 174 Å². The lowest BCUT2D eigenvalue weighted by Crippen LogP contribution is -2.33. The van der Waals surface area contributed by atoms with E-state index < -0.39 is 25.1 Å². The van der Waals surface area contributed by atoms with Gasteiger partial charge in [-0.05, 0) is 23.3 Å². The zero-order valence-corrected chi connectivity index (χ0v) is 16.2. The van der Waals surface area contributed by atoms with Crippen molar-refractivity contribution >= 4 is 11.9 Å². The summed E-state index contributed by atoms with van der Waals surface area (Å²) < 4.78 is 10.3. The largest absolute Gasteiger partial charge is 0.481 e. The standard InChI is InChI=1S/C24H20N2O4/c25-15-20-13-7-8-14-21(20)29-17-23(28)30-16-22(27)26-24(18-9-3-1-4-10-18)19-11-5-2-6-12-19/h1-14,24H,16-17H2,(H,26,27). The number of nitrogens with zero attached hydrogens (tertiary/aromatic N) is 1.